The SMILES string of the molecule is COc1ccc(OC)c(CNC(=O)Nc2ccc(Br)c(C)c2)c1. The summed E-state index contributed by atoms with van der Waals surface area (Å²) in [6.07, 6.45) is 0. The van der Waals surface area contributed by atoms with Crippen LogP contribution in [0.15, 0.2) is 40.9 Å². The van der Waals surface area contributed by atoms with Gasteiger partial charge in [-0.15, -0.1) is 0 Å². The Hall–Kier alpha value is -2.21. The number of benzene rings is 2. The first-order chi connectivity index (χ1) is 11.0. The molecule has 0 fully saturated rings. The summed E-state index contributed by atoms with van der Waals surface area (Å²) in [5.41, 5.74) is 2.63. The molecule has 23 heavy (non-hydrogen) atoms. The monoisotopic (exact) mass is 378 g/mol. The molecule has 0 aliphatic rings. The molecule has 5 nitrogen and oxygen atoms in total. The topological polar surface area (TPSA) is 59.6 Å². The van der Waals surface area contributed by atoms with Crippen molar-refractivity contribution in [1.29, 1.82) is 0 Å². The van der Waals surface area contributed by atoms with Crippen LogP contribution in [0.3, 0.4) is 0 Å². The minimum absolute atomic E-state index is 0.281. The normalized spacial score (nSPS) is 10.1. The number of ether oxygens (including phenoxy) is 2. The lowest BCUT2D eigenvalue weighted by Gasteiger charge is -2.12. The molecule has 0 aliphatic carbocycles. The molecule has 0 saturated heterocycles. The van der Waals surface area contributed by atoms with Gasteiger partial charge in [-0.05, 0) is 48.9 Å². The third-order valence-corrected chi connectivity index (χ3v) is 4.23. The molecule has 2 N–H and O–H groups in total. The summed E-state index contributed by atoms with van der Waals surface area (Å²) >= 11 is 3.43. The van der Waals surface area contributed by atoms with E-state index in [2.05, 4.69) is 26.6 Å². The summed E-state index contributed by atoms with van der Waals surface area (Å²) in [7, 11) is 3.19. The number of halogens is 1. The average Bonchev–Trinajstić information content (AvgIpc) is 2.56. The second-order valence-corrected chi connectivity index (χ2v) is 5.80. The van der Waals surface area contributed by atoms with Crippen LogP contribution in [0.4, 0.5) is 10.5 Å². The first-order valence-electron chi connectivity index (χ1n) is 7.05. The van der Waals surface area contributed by atoms with Crippen molar-refractivity contribution in [3.63, 3.8) is 0 Å². The highest BCUT2D eigenvalue weighted by atomic mass is 79.9. The van der Waals surface area contributed by atoms with E-state index in [-0.39, 0.29) is 6.03 Å². The van der Waals surface area contributed by atoms with E-state index in [0.29, 0.717) is 18.0 Å². The molecule has 0 atom stereocenters. The third-order valence-electron chi connectivity index (χ3n) is 3.34. The lowest BCUT2D eigenvalue weighted by Crippen LogP contribution is -2.28. The van der Waals surface area contributed by atoms with Gasteiger partial charge in [0, 0.05) is 22.3 Å². The molecule has 0 radical (unpaired) electrons. The predicted molar refractivity (Wildman–Crippen MR) is 94.3 cm³/mol. The van der Waals surface area contributed by atoms with Gasteiger partial charge >= 0.3 is 6.03 Å². The fraction of sp³-hybridized carbons (Fsp3) is 0.235. The van der Waals surface area contributed by atoms with Crippen molar-refractivity contribution in [1.82, 2.24) is 5.32 Å². The number of methoxy groups -OCH3 is 2. The van der Waals surface area contributed by atoms with Crippen LogP contribution < -0.4 is 20.1 Å². The number of amides is 2. The molecular weight excluding hydrogens is 360 g/mol. The van der Waals surface area contributed by atoms with Crippen LogP contribution in [0.2, 0.25) is 0 Å². The van der Waals surface area contributed by atoms with Gasteiger partial charge < -0.3 is 20.1 Å². The highest BCUT2D eigenvalue weighted by Gasteiger charge is 2.08. The van der Waals surface area contributed by atoms with Crippen molar-refractivity contribution in [3.05, 3.63) is 52.0 Å². The molecule has 0 bridgehead atoms. The number of nitrogens with one attached hydrogen (secondary N) is 2. The zero-order valence-electron chi connectivity index (χ0n) is 13.3. The lowest BCUT2D eigenvalue weighted by atomic mass is 10.2. The van der Waals surface area contributed by atoms with Gasteiger partial charge in [0.05, 0.1) is 14.2 Å². The van der Waals surface area contributed by atoms with Gasteiger partial charge in [0.25, 0.3) is 0 Å². The Morgan fingerprint density at radius 3 is 2.57 bits per heavy atom. The van der Waals surface area contributed by atoms with E-state index in [1.165, 1.54) is 0 Å². The Bertz CT molecular complexity index is 704. The third kappa shape index (κ3) is 4.63. The van der Waals surface area contributed by atoms with Crippen LogP contribution in [-0.4, -0.2) is 20.3 Å². The average molecular weight is 379 g/mol. The highest BCUT2D eigenvalue weighted by molar-refractivity contribution is 9.10. The van der Waals surface area contributed by atoms with Gasteiger partial charge in [-0.2, -0.15) is 0 Å². The number of rotatable bonds is 5. The summed E-state index contributed by atoms with van der Waals surface area (Å²) in [6, 6.07) is 10.8. The number of carbonyl (C=O) groups is 1. The highest BCUT2D eigenvalue weighted by Crippen LogP contribution is 2.24. The van der Waals surface area contributed by atoms with Crippen LogP contribution in [0, 0.1) is 6.92 Å². The Kier molecular flexibility index (Phi) is 5.87. The van der Waals surface area contributed by atoms with Crippen molar-refractivity contribution in [2.45, 2.75) is 13.5 Å². The van der Waals surface area contributed by atoms with Crippen LogP contribution in [0.1, 0.15) is 11.1 Å². The Balaban J connectivity index is 2.00. The Labute approximate surface area is 144 Å². The number of hydrogen-bond acceptors (Lipinski definition) is 3. The Morgan fingerprint density at radius 2 is 1.91 bits per heavy atom. The van der Waals surface area contributed by atoms with Crippen molar-refractivity contribution < 1.29 is 14.3 Å². The standard InChI is InChI=1S/C17H19BrN2O3/c1-11-8-13(4-6-15(11)18)20-17(21)19-10-12-9-14(22-2)5-7-16(12)23-3/h4-9H,10H2,1-3H3,(H2,19,20,21). The molecule has 6 heteroatoms. The maximum absolute atomic E-state index is 12.0. The minimum Gasteiger partial charge on any atom is -0.497 e. The molecule has 0 unspecified atom stereocenters. The number of urea groups is 1. The summed E-state index contributed by atoms with van der Waals surface area (Å²) < 4.78 is 11.5. The van der Waals surface area contributed by atoms with E-state index >= 15 is 0 Å². The maximum atomic E-state index is 12.0. The second kappa shape index (κ2) is 7.87. The van der Waals surface area contributed by atoms with E-state index in [1.807, 2.05) is 43.3 Å². The van der Waals surface area contributed by atoms with E-state index in [4.69, 9.17) is 9.47 Å². The molecular formula is C17H19BrN2O3. The molecule has 2 aromatic carbocycles. The zero-order valence-corrected chi connectivity index (χ0v) is 14.9. The molecule has 0 heterocycles. The predicted octanol–water partition coefficient (Wildman–Crippen LogP) is 4.10. The Morgan fingerprint density at radius 1 is 1.13 bits per heavy atom. The largest absolute Gasteiger partial charge is 0.497 e. The fourth-order valence-electron chi connectivity index (χ4n) is 2.09. The number of aryl methyl sites for hydroxylation is 1. The quantitative estimate of drug-likeness (QED) is 0.823. The van der Waals surface area contributed by atoms with E-state index in [9.17, 15) is 4.79 Å². The van der Waals surface area contributed by atoms with Gasteiger partial charge in [0.2, 0.25) is 0 Å². The van der Waals surface area contributed by atoms with Crippen molar-refractivity contribution in [3.8, 4) is 11.5 Å². The van der Waals surface area contributed by atoms with E-state index in [0.717, 1.165) is 21.3 Å². The molecule has 0 saturated carbocycles. The van der Waals surface area contributed by atoms with Crippen LogP contribution >= 0.6 is 15.9 Å². The van der Waals surface area contributed by atoms with E-state index in [1.54, 1.807) is 14.2 Å². The summed E-state index contributed by atoms with van der Waals surface area (Å²) in [6.45, 7) is 2.30. The zero-order chi connectivity index (χ0) is 16.8. The van der Waals surface area contributed by atoms with Gasteiger partial charge in [-0.25, -0.2) is 4.79 Å². The summed E-state index contributed by atoms with van der Waals surface area (Å²) in [4.78, 5) is 12.0. The van der Waals surface area contributed by atoms with Crippen molar-refractivity contribution in [2.24, 2.45) is 0 Å². The fourth-order valence-corrected chi connectivity index (χ4v) is 2.34. The van der Waals surface area contributed by atoms with E-state index < -0.39 is 0 Å². The van der Waals surface area contributed by atoms with Crippen molar-refractivity contribution in [2.75, 3.05) is 19.5 Å². The molecule has 2 amide bonds. The smallest absolute Gasteiger partial charge is 0.319 e. The second-order valence-electron chi connectivity index (χ2n) is 4.95. The van der Waals surface area contributed by atoms with Gasteiger partial charge in [0.1, 0.15) is 11.5 Å². The molecule has 0 aliphatic heterocycles. The van der Waals surface area contributed by atoms with Crippen molar-refractivity contribution >= 4 is 27.6 Å². The minimum atomic E-state index is -0.281. The van der Waals surface area contributed by atoms with Gasteiger partial charge in [-0.1, -0.05) is 15.9 Å². The number of hydrogen-bond donors (Lipinski definition) is 2. The molecule has 0 aromatic heterocycles. The maximum Gasteiger partial charge on any atom is 0.319 e. The lowest BCUT2D eigenvalue weighted by molar-refractivity contribution is 0.251. The van der Waals surface area contributed by atoms with Gasteiger partial charge in [-0.3, -0.25) is 0 Å². The molecule has 0 spiro atoms. The van der Waals surface area contributed by atoms with Crippen LogP contribution in [0.5, 0.6) is 11.5 Å². The molecule has 122 valence electrons. The number of carbonyl (C=O) groups excluding carboxylic acids is 1. The van der Waals surface area contributed by atoms with Crippen LogP contribution in [-0.2, 0) is 6.54 Å². The first kappa shape index (κ1) is 17.1. The van der Waals surface area contributed by atoms with Gasteiger partial charge in [0.15, 0.2) is 0 Å². The summed E-state index contributed by atoms with van der Waals surface area (Å²) in [5, 5.41) is 5.61. The first-order valence-corrected chi connectivity index (χ1v) is 7.84. The molecule has 2 rings (SSSR count). The van der Waals surface area contributed by atoms with Crippen LogP contribution in [0.25, 0.3) is 0 Å². The number of anilines is 1. The summed E-state index contributed by atoms with van der Waals surface area (Å²) in [5.74, 6) is 1.41. The molecule has 2 aromatic rings.